The molecule has 2 heteroatoms. The third-order valence-corrected chi connectivity index (χ3v) is 4.34. The van der Waals surface area contributed by atoms with Gasteiger partial charge in [0.05, 0.1) is 0 Å². The summed E-state index contributed by atoms with van der Waals surface area (Å²) in [5, 5.41) is 6.76. The molecule has 2 nitrogen and oxygen atoms in total. The molecule has 2 atom stereocenters. The third-order valence-electron chi connectivity index (χ3n) is 4.34. The predicted molar refractivity (Wildman–Crippen MR) is 94.8 cm³/mol. The first-order valence-corrected chi connectivity index (χ1v) is 8.30. The van der Waals surface area contributed by atoms with E-state index in [-0.39, 0.29) is 0 Å². The van der Waals surface area contributed by atoms with Gasteiger partial charge in [-0.1, -0.05) is 51.6 Å². The van der Waals surface area contributed by atoms with Crippen molar-refractivity contribution < 1.29 is 0 Å². The van der Waals surface area contributed by atoms with E-state index in [0.717, 1.165) is 32.4 Å². The molecule has 1 aromatic carbocycles. The average Bonchev–Trinajstić information content (AvgIpc) is 2.52. The fourth-order valence-electron chi connectivity index (χ4n) is 2.81. The van der Waals surface area contributed by atoms with E-state index in [2.05, 4.69) is 62.2 Å². The van der Waals surface area contributed by atoms with E-state index in [1.165, 1.54) is 16.7 Å². The van der Waals surface area contributed by atoms with Gasteiger partial charge in [0.1, 0.15) is 0 Å². The summed E-state index contributed by atoms with van der Waals surface area (Å²) in [6, 6.07) is 9.51. The molecule has 0 aliphatic carbocycles. The third kappa shape index (κ3) is 5.64. The smallest absolute Gasteiger partial charge is 0.0127 e. The standard InChI is InChI=1S/C19H32N2/c1-6-19(20-5)16(4)18-12-10-17(11-13-18)15(3)9-8-14-21-7-2/h10-13,16,19-21H,3,6-9,14H2,1-2,4-5H3. The second-order valence-electron chi connectivity index (χ2n) is 5.77. The minimum Gasteiger partial charge on any atom is -0.317 e. The molecule has 0 aliphatic rings. The van der Waals surface area contributed by atoms with Crippen LogP contribution in [-0.2, 0) is 0 Å². The zero-order valence-electron chi connectivity index (χ0n) is 14.2. The molecule has 0 radical (unpaired) electrons. The normalized spacial score (nSPS) is 13.9. The van der Waals surface area contributed by atoms with E-state index >= 15 is 0 Å². The van der Waals surface area contributed by atoms with Crippen molar-refractivity contribution in [3.63, 3.8) is 0 Å². The summed E-state index contributed by atoms with van der Waals surface area (Å²) in [6.07, 6.45) is 3.37. The zero-order chi connectivity index (χ0) is 15.7. The first kappa shape index (κ1) is 17.9. The van der Waals surface area contributed by atoms with Crippen LogP contribution >= 0.6 is 0 Å². The Hall–Kier alpha value is -1.12. The first-order valence-electron chi connectivity index (χ1n) is 8.30. The van der Waals surface area contributed by atoms with E-state index in [1.807, 2.05) is 7.05 Å². The molecule has 0 saturated heterocycles. The Balaban J connectivity index is 2.58. The van der Waals surface area contributed by atoms with Crippen molar-refractivity contribution in [3.8, 4) is 0 Å². The topological polar surface area (TPSA) is 24.1 Å². The van der Waals surface area contributed by atoms with Crippen molar-refractivity contribution in [1.29, 1.82) is 0 Å². The van der Waals surface area contributed by atoms with Crippen molar-refractivity contribution in [2.45, 2.75) is 52.0 Å². The fraction of sp³-hybridized carbons (Fsp3) is 0.579. The van der Waals surface area contributed by atoms with Crippen molar-refractivity contribution in [3.05, 3.63) is 42.0 Å². The van der Waals surface area contributed by atoms with Gasteiger partial charge in [-0.2, -0.15) is 0 Å². The molecule has 0 amide bonds. The summed E-state index contributed by atoms with van der Waals surface area (Å²) >= 11 is 0. The Morgan fingerprint density at radius 2 is 1.86 bits per heavy atom. The number of hydrogen-bond acceptors (Lipinski definition) is 2. The van der Waals surface area contributed by atoms with Gasteiger partial charge in [0.2, 0.25) is 0 Å². The van der Waals surface area contributed by atoms with Crippen LogP contribution < -0.4 is 10.6 Å². The van der Waals surface area contributed by atoms with Gasteiger partial charge in [-0.05, 0) is 62.0 Å². The van der Waals surface area contributed by atoms with E-state index in [1.54, 1.807) is 0 Å². The van der Waals surface area contributed by atoms with Crippen LogP contribution in [0.4, 0.5) is 0 Å². The second-order valence-corrected chi connectivity index (χ2v) is 5.77. The van der Waals surface area contributed by atoms with Crippen molar-refractivity contribution >= 4 is 5.57 Å². The molecule has 2 unspecified atom stereocenters. The lowest BCUT2D eigenvalue weighted by Crippen LogP contribution is -2.29. The number of allylic oxidation sites excluding steroid dienone is 1. The van der Waals surface area contributed by atoms with E-state index in [4.69, 9.17) is 0 Å². The molecular weight excluding hydrogens is 256 g/mol. The largest absolute Gasteiger partial charge is 0.317 e. The number of benzene rings is 1. The maximum atomic E-state index is 4.22. The number of rotatable bonds is 10. The molecule has 118 valence electrons. The van der Waals surface area contributed by atoms with Gasteiger partial charge in [0.15, 0.2) is 0 Å². The quantitative estimate of drug-likeness (QED) is 0.631. The van der Waals surface area contributed by atoms with Crippen LogP contribution in [0.3, 0.4) is 0 Å². The first-order chi connectivity index (χ1) is 10.1. The number of likely N-dealkylation sites (N-methyl/N-ethyl adjacent to an activating group) is 1. The van der Waals surface area contributed by atoms with Gasteiger partial charge in [0.25, 0.3) is 0 Å². The Bertz CT molecular complexity index is 404. The monoisotopic (exact) mass is 288 g/mol. The van der Waals surface area contributed by atoms with Gasteiger partial charge in [-0.25, -0.2) is 0 Å². The van der Waals surface area contributed by atoms with Crippen molar-refractivity contribution in [2.24, 2.45) is 0 Å². The van der Waals surface area contributed by atoms with Gasteiger partial charge < -0.3 is 10.6 Å². The molecule has 0 saturated carbocycles. The van der Waals surface area contributed by atoms with Crippen LogP contribution in [0.2, 0.25) is 0 Å². The maximum Gasteiger partial charge on any atom is 0.0127 e. The second kappa shape index (κ2) is 9.75. The lowest BCUT2D eigenvalue weighted by molar-refractivity contribution is 0.473. The van der Waals surface area contributed by atoms with Crippen LogP contribution in [0, 0.1) is 0 Å². The van der Waals surface area contributed by atoms with E-state index < -0.39 is 0 Å². The van der Waals surface area contributed by atoms with Crippen molar-refractivity contribution in [2.75, 3.05) is 20.1 Å². The van der Waals surface area contributed by atoms with Crippen LogP contribution in [0.5, 0.6) is 0 Å². The lowest BCUT2D eigenvalue weighted by atomic mass is 9.90. The molecule has 21 heavy (non-hydrogen) atoms. The van der Waals surface area contributed by atoms with Crippen LogP contribution in [0.15, 0.2) is 30.8 Å². The average molecular weight is 288 g/mol. The van der Waals surface area contributed by atoms with Gasteiger partial charge in [0, 0.05) is 6.04 Å². The zero-order valence-corrected chi connectivity index (χ0v) is 14.2. The lowest BCUT2D eigenvalue weighted by Gasteiger charge is -2.22. The molecule has 2 N–H and O–H groups in total. The maximum absolute atomic E-state index is 4.22. The highest BCUT2D eigenvalue weighted by Gasteiger charge is 2.15. The Labute approximate surface area is 131 Å². The van der Waals surface area contributed by atoms with Crippen LogP contribution in [0.25, 0.3) is 5.57 Å². The number of nitrogens with one attached hydrogen (secondary N) is 2. The summed E-state index contributed by atoms with van der Waals surface area (Å²) < 4.78 is 0. The highest BCUT2D eigenvalue weighted by molar-refractivity contribution is 5.63. The fourth-order valence-corrected chi connectivity index (χ4v) is 2.81. The summed E-state index contributed by atoms with van der Waals surface area (Å²) in [4.78, 5) is 0. The molecule has 0 fully saturated rings. The Morgan fingerprint density at radius 3 is 2.38 bits per heavy atom. The van der Waals surface area contributed by atoms with Crippen LogP contribution in [-0.4, -0.2) is 26.2 Å². The number of hydrogen-bond donors (Lipinski definition) is 2. The molecule has 0 aromatic heterocycles. The molecule has 0 bridgehead atoms. The van der Waals surface area contributed by atoms with Gasteiger partial charge >= 0.3 is 0 Å². The summed E-state index contributed by atoms with van der Waals surface area (Å²) in [5.74, 6) is 0.538. The summed E-state index contributed by atoms with van der Waals surface area (Å²) in [5.41, 5.74) is 3.92. The molecule has 1 rings (SSSR count). The molecule has 0 aliphatic heterocycles. The molecular formula is C19H32N2. The molecule has 0 spiro atoms. The van der Waals surface area contributed by atoms with Gasteiger partial charge in [-0.15, -0.1) is 0 Å². The van der Waals surface area contributed by atoms with Gasteiger partial charge in [-0.3, -0.25) is 0 Å². The van der Waals surface area contributed by atoms with E-state index in [0.29, 0.717) is 12.0 Å². The highest BCUT2D eigenvalue weighted by Crippen LogP contribution is 2.24. The molecule has 1 aromatic rings. The molecule has 0 heterocycles. The Morgan fingerprint density at radius 1 is 1.19 bits per heavy atom. The minimum atomic E-state index is 0.538. The van der Waals surface area contributed by atoms with E-state index in [9.17, 15) is 0 Å². The summed E-state index contributed by atoms with van der Waals surface area (Å²) in [6.45, 7) is 13.0. The van der Waals surface area contributed by atoms with Crippen molar-refractivity contribution in [1.82, 2.24) is 10.6 Å². The Kier molecular flexibility index (Phi) is 8.33. The van der Waals surface area contributed by atoms with Crippen LogP contribution in [0.1, 0.15) is 57.1 Å². The predicted octanol–water partition coefficient (Wildman–Crippen LogP) is 4.19. The SMILES string of the molecule is C=C(CCCNCC)c1ccc(C(C)C(CC)NC)cc1. The highest BCUT2D eigenvalue weighted by atomic mass is 14.9. The summed E-state index contributed by atoms with van der Waals surface area (Å²) in [7, 11) is 2.05. The minimum absolute atomic E-state index is 0.538.